The number of aromatic nitrogens is 2. The van der Waals surface area contributed by atoms with Gasteiger partial charge in [0.2, 0.25) is 0 Å². The number of fused-ring (bicyclic) bond motifs is 1. The fourth-order valence-electron chi connectivity index (χ4n) is 2.24. The molecule has 0 spiro atoms. The van der Waals surface area contributed by atoms with E-state index < -0.39 is 0 Å². The lowest BCUT2D eigenvalue weighted by Gasteiger charge is -2.03. The van der Waals surface area contributed by atoms with Crippen LogP contribution in [0.5, 0.6) is 0 Å². The Morgan fingerprint density at radius 2 is 1.76 bits per heavy atom. The predicted molar refractivity (Wildman–Crippen MR) is 83.5 cm³/mol. The number of imidazole rings is 1. The lowest BCUT2D eigenvalue weighted by atomic mass is 10.3. The van der Waals surface area contributed by atoms with E-state index in [1.807, 2.05) is 54.7 Å². The van der Waals surface area contributed by atoms with Crippen LogP contribution in [0, 0.1) is 0 Å². The zero-order chi connectivity index (χ0) is 14.1. The van der Waals surface area contributed by atoms with Gasteiger partial charge in [-0.15, -0.1) is 0 Å². The normalized spacial score (nSPS) is 11.0. The molecule has 0 unspecified atom stereocenters. The number of hydrogen-bond donors (Lipinski definition) is 0. The summed E-state index contributed by atoms with van der Waals surface area (Å²) >= 11 is 1.69. The molecule has 4 heteroatoms. The third kappa shape index (κ3) is 2.23. The van der Waals surface area contributed by atoms with Crippen molar-refractivity contribution in [3.8, 4) is 11.5 Å². The van der Waals surface area contributed by atoms with Gasteiger partial charge in [-0.3, -0.25) is 4.40 Å². The molecule has 21 heavy (non-hydrogen) atoms. The molecule has 3 nitrogen and oxygen atoms in total. The Morgan fingerprint density at radius 1 is 0.905 bits per heavy atom. The Kier molecular flexibility index (Phi) is 3.01. The van der Waals surface area contributed by atoms with Crippen molar-refractivity contribution in [3.63, 3.8) is 0 Å². The molecule has 0 fully saturated rings. The molecule has 0 bridgehead atoms. The summed E-state index contributed by atoms with van der Waals surface area (Å²) in [5.41, 5.74) is 1.79. The van der Waals surface area contributed by atoms with E-state index in [2.05, 4.69) is 16.5 Å². The summed E-state index contributed by atoms with van der Waals surface area (Å²) in [4.78, 5) is 5.88. The molecule has 0 N–H and O–H groups in total. The van der Waals surface area contributed by atoms with Crippen LogP contribution in [0.3, 0.4) is 0 Å². The van der Waals surface area contributed by atoms with Gasteiger partial charge in [0, 0.05) is 11.1 Å². The Hall–Kier alpha value is -2.46. The minimum Gasteiger partial charge on any atom is -0.463 e. The Bertz CT molecular complexity index is 866. The molecule has 102 valence electrons. The molecule has 3 aromatic heterocycles. The van der Waals surface area contributed by atoms with Crippen molar-refractivity contribution in [3.05, 3.63) is 73.1 Å². The molecular weight excluding hydrogens is 280 g/mol. The summed E-state index contributed by atoms with van der Waals surface area (Å²) < 4.78 is 7.63. The summed E-state index contributed by atoms with van der Waals surface area (Å²) in [7, 11) is 0. The van der Waals surface area contributed by atoms with Crippen LogP contribution in [0.2, 0.25) is 0 Å². The van der Waals surface area contributed by atoms with Gasteiger partial charge in [0.05, 0.1) is 6.26 Å². The molecule has 0 aliphatic heterocycles. The summed E-state index contributed by atoms with van der Waals surface area (Å²) in [5, 5.41) is 1.06. The molecule has 0 radical (unpaired) electrons. The van der Waals surface area contributed by atoms with Crippen LogP contribution in [0.1, 0.15) is 0 Å². The standard InChI is InChI=1S/C17H12N2OS/c1-2-7-13(8-3-1)21-17-16(14-9-6-12-20-14)18-15-10-4-5-11-19(15)17/h1-12H. The van der Waals surface area contributed by atoms with Crippen molar-refractivity contribution in [2.24, 2.45) is 0 Å². The topological polar surface area (TPSA) is 30.4 Å². The fraction of sp³-hybridized carbons (Fsp3) is 0. The van der Waals surface area contributed by atoms with Gasteiger partial charge in [-0.2, -0.15) is 0 Å². The maximum Gasteiger partial charge on any atom is 0.155 e. The number of hydrogen-bond acceptors (Lipinski definition) is 3. The second-order valence-electron chi connectivity index (χ2n) is 4.59. The van der Waals surface area contributed by atoms with Crippen LogP contribution in [0.15, 0.2) is 87.5 Å². The van der Waals surface area contributed by atoms with Crippen molar-refractivity contribution >= 4 is 17.4 Å². The number of pyridine rings is 1. The average molecular weight is 292 g/mol. The maximum absolute atomic E-state index is 5.54. The predicted octanol–water partition coefficient (Wildman–Crippen LogP) is 4.75. The number of nitrogens with zero attached hydrogens (tertiary/aromatic N) is 2. The van der Waals surface area contributed by atoms with Crippen molar-refractivity contribution in [1.29, 1.82) is 0 Å². The molecule has 4 aromatic rings. The van der Waals surface area contributed by atoms with Crippen molar-refractivity contribution in [1.82, 2.24) is 9.38 Å². The van der Waals surface area contributed by atoms with E-state index in [1.54, 1.807) is 18.0 Å². The molecule has 0 saturated carbocycles. The first-order valence-corrected chi connectivity index (χ1v) is 7.47. The van der Waals surface area contributed by atoms with E-state index in [9.17, 15) is 0 Å². The van der Waals surface area contributed by atoms with E-state index in [0.29, 0.717) is 0 Å². The second kappa shape index (κ2) is 5.14. The van der Waals surface area contributed by atoms with Gasteiger partial charge >= 0.3 is 0 Å². The first-order chi connectivity index (χ1) is 10.4. The van der Waals surface area contributed by atoms with Gasteiger partial charge < -0.3 is 4.42 Å². The van der Waals surface area contributed by atoms with Crippen LogP contribution >= 0.6 is 11.8 Å². The first-order valence-electron chi connectivity index (χ1n) is 6.66. The highest BCUT2D eigenvalue weighted by Crippen LogP contribution is 2.36. The minimum absolute atomic E-state index is 0.789. The lowest BCUT2D eigenvalue weighted by molar-refractivity contribution is 0.579. The second-order valence-corrected chi connectivity index (χ2v) is 5.65. The van der Waals surface area contributed by atoms with Gasteiger partial charge in [0.25, 0.3) is 0 Å². The molecule has 1 aromatic carbocycles. The third-order valence-electron chi connectivity index (χ3n) is 3.20. The molecule has 0 aliphatic carbocycles. The number of furan rings is 1. The lowest BCUT2D eigenvalue weighted by Crippen LogP contribution is -1.85. The summed E-state index contributed by atoms with van der Waals surface area (Å²) in [5.74, 6) is 0.789. The van der Waals surface area contributed by atoms with E-state index in [1.165, 1.54) is 4.90 Å². The van der Waals surface area contributed by atoms with Crippen LogP contribution < -0.4 is 0 Å². The van der Waals surface area contributed by atoms with E-state index in [4.69, 9.17) is 9.40 Å². The molecule has 0 aliphatic rings. The summed E-state index contributed by atoms with van der Waals surface area (Å²) in [6.07, 6.45) is 3.70. The van der Waals surface area contributed by atoms with Crippen molar-refractivity contribution in [2.45, 2.75) is 9.92 Å². The van der Waals surface area contributed by atoms with Gasteiger partial charge in [-0.1, -0.05) is 36.0 Å². The maximum atomic E-state index is 5.54. The van der Waals surface area contributed by atoms with Crippen LogP contribution in [-0.2, 0) is 0 Å². The summed E-state index contributed by atoms with van der Waals surface area (Å²) in [6, 6.07) is 20.1. The third-order valence-corrected chi connectivity index (χ3v) is 4.29. The molecule has 0 amide bonds. The highest BCUT2D eigenvalue weighted by Gasteiger charge is 2.16. The van der Waals surface area contributed by atoms with Crippen molar-refractivity contribution < 1.29 is 4.42 Å². The smallest absolute Gasteiger partial charge is 0.155 e. The van der Waals surface area contributed by atoms with Gasteiger partial charge in [-0.25, -0.2) is 4.98 Å². The Morgan fingerprint density at radius 3 is 2.57 bits per heavy atom. The fourth-order valence-corrected chi connectivity index (χ4v) is 3.26. The monoisotopic (exact) mass is 292 g/mol. The Balaban J connectivity index is 1.91. The molecule has 3 heterocycles. The van der Waals surface area contributed by atoms with Gasteiger partial charge in [0.15, 0.2) is 5.76 Å². The number of rotatable bonds is 3. The minimum atomic E-state index is 0.789. The van der Waals surface area contributed by atoms with Crippen LogP contribution in [-0.4, -0.2) is 9.38 Å². The van der Waals surface area contributed by atoms with E-state index in [0.717, 1.165) is 22.1 Å². The van der Waals surface area contributed by atoms with Gasteiger partial charge in [0.1, 0.15) is 16.4 Å². The Labute approximate surface area is 126 Å². The van der Waals surface area contributed by atoms with E-state index >= 15 is 0 Å². The highest BCUT2D eigenvalue weighted by atomic mass is 32.2. The van der Waals surface area contributed by atoms with Crippen molar-refractivity contribution in [2.75, 3.05) is 0 Å². The molecule has 0 saturated heterocycles. The average Bonchev–Trinajstić information content (AvgIpc) is 3.16. The molecule has 0 atom stereocenters. The van der Waals surface area contributed by atoms with E-state index in [-0.39, 0.29) is 0 Å². The quantitative estimate of drug-likeness (QED) is 0.546. The molecule has 4 rings (SSSR count). The first kappa shape index (κ1) is 12.3. The zero-order valence-electron chi connectivity index (χ0n) is 11.1. The summed E-state index contributed by atoms with van der Waals surface area (Å²) in [6.45, 7) is 0. The SMILES string of the molecule is c1ccc(Sc2c(-c3ccco3)nc3ccccn23)cc1. The van der Waals surface area contributed by atoms with Crippen LogP contribution in [0.25, 0.3) is 17.1 Å². The zero-order valence-corrected chi connectivity index (χ0v) is 12.0. The number of benzene rings is 1. The highest BCUT2D eigenvalue weighted by molar-refractivity contribution is 7.99. The largest absolute Gasteiger partial charge is 0.463 e. The van der Waals surface area contributed by atoms with Crippen LogP contribution in [0.4, 0.5) is 0 Å². The van der Waals surface area contributed by atoms with Gasteiger partial charge in [-0.05, 0) is 36.4 Å². The molecular formula is C17H12N2OS.